The molecular weight excluding hydrogens is 176 g/mol. The number of ether oxygens (including phenoxy) is 1. The first-order valence-electron chi connectivity index (χ1n) is 6.03. The normalized spacial score (nSPS) is 30.2. The quantitative estimate of drug-likeness (QED) is 0.739. The highest BCUT2D eigenvalue weighted by Gasteiger charge is 2.22. The van der Waals surface area contributed by atoms with E-state index in [0.29, 0.717) is 18.6 Å². The van der Waals surface area contributed by atoms with E-state index < -0.39 is 0 Å². The average molecular weight is 200 g/mol. The van der Waals surface area contributed by atoms with Crippen LogP contribution in [-0.4, -0.2) is 23.9 Å². The third kappa shape index (κ3) is 3.97. The molecule has 84 valence electrons. The molecule has 1 rings (SSSR count). The lowest BCUT2D eigenvalue weighted by atomic mass is 9.88. The van der Waals surface area contributed by atoms with E-state index in [1.807, 2.05) is 0 Å². The van der Waals surface area contributed by atoms with Crippen molar-refractivity contribution in [3.63, 3.8) is 0 Å². The van der Waals surface area contributed by atoms with Crippen molar-refractivity contribution in [3.05, 3.63) is 0 Å². The van der Waals surface area contributed by atoms with Gasteiger partial charge in [0.1, 0.15) is 0 Å². The molecule has 1 saturated carbocycles. The molecule has 0 aliphatic heterocycles. The zero-order valence-electron chi connectivity index (χ0n) is 9.54. The van der Waals surface area contributed by atoms with Crippen LogP contribution in [0.3, 0.4) is 0 Å². The second kappa shape index (κ2) is 6.41. The van der Waals surface area contributed by atoms with Gasteiger partial charge in [0, 0.05) is 0 Å². The summed E-state index contributed by atoms with van der Waals surface area (Å²) in [6.07, 6.45) is 7.14. The average Bonchev–Trinajstić information content (AvgIpc) is 2.17. The van der Waals surface area contributed by atoms with Crippen LogP contribution in [0.4, 0.5) is 0 Å². The molecule has 0 radical (unpaired) electrons. The van der Waals surface area contributed by atoms with Crippen LogP contribution >= 0.6 is 0 Å². The summed E-state index contributed by atoms with van der Waals surface area (Å²) in [6, 6.07) is 0. The minimum absolute atomic E-state index is 0.255. The molecule has 0 amide bonds. The molecule has 0 aromatic rings. The molecule has 0 saturated heterocycles. The third-order valence-corrected chi connectivity index (χ3v) is 3.16. The second-order valence-electron chi connectivity index (χ2n) is 4.58. The standard InChI is InChI=1S/C12H24O2/c1-3-6-11(13)9-14-12-8-5-4-7-10(12)2/h10-13H,3-9H2,1-2H3. The summed E-state index contributed by atoms with van der Waals surface area (Å²) < 4.78 is 5.76. The Bertz CT molecular complexity index is 147. The van der Waals surface area contributed by atoms with Crippen LogP contribution in [-0.2, 0) is 4.74 Å². The van der Waals surface area contributed by atoms with Crippen molar-refractivity contribution in [3.8, 4) is 0 Å². The summed E-state index contributed by atoms with van der Waals surface area (Å²) in [5.41, 5.74) is 0. The van der Waals surface area contributed by atoms with E-state index in [1.54, 1.807) is 0 Å². The van der Waals surface area contributed by atoms with Crippen LogP contribution in [0.25, 0.3) is 0 Å². The fourth-order valence-electron chi connectivity index (χ4n) is 2.18. The number of hydrogen-bond acceptors (Lipinski definition) is 2. The van der Waals surface area contributed by atoms with Crippen LogP contribution < -0.4 is 0 Å². The molecule has 0 heterocycles. The number of aliphatic hydroxyl groups is 1. The summed E-state index contributed by atoms with van der Waals surface area (Å²) in [6.45, 7) is 4.88. The summed E-state index contributed by atoms with van der Waals surface area (Å²) in [5.74, 6) is 0.678. The number of rotatable bonds is 5. The maximum absolute atomic E-state index is 9.54. The molecule has 0 spiro atoms. The minimum atomic E-state index is -0.255. The van der Waals surface area contributed by atoms with Crippen molar-refractivity contribution < 1.29 is 9.84 Å². The molecule has 1 aliphatic carbocycles. The van der Waals surface area contributed by atoms with Gasteiger partial charge >= 0.3 is 0 Å². The van der Waals surface area contributed by atoms with Gasteiger partial charge in [-0.3, -0.25) is 0 Å². The molecule has 2 nitrogen and oxygen atoms in total. The Balaban J connectivity index is 2.15. The highest BCUT2D eigenvalue weighted by molar-refractivity contribution is 4.72. The van der Waals surface area contributed by atoms with Gasteiger partial charge < -0.3 is 9.84 Å². The molecule has 3 unspecified atom stereocenters. The molecule has 0 aromatic carbocycles. The molecule has 2 heteroatoms. The van der Waals surface area contributed by atoms with E-state index >= 15 is 0 Å². The van der Waals surface area contributed by atoms with Gasteiger partial charge in [0.2, 0.25) is 0 Å². The van der Waals surface area contributed by atoms with Crippen molar-refractivity contribution in [2.75, 3.05) is 6.61 Å². The van der Waals surface area contributed by atoms with Crippen molar-refractivity contribution >= 4 is 0 Å². The van der Waals surface area contributed by atoms with Gasteiger partial charge in [0.25, 0.3) is 0 Å². The summed E-state index contributed by atoms with van der Waals surface area (Å²) >= 11 is 0. The Morgan fingerprint density at radius 2 is 2.07 bits per heavy atom. The van der Waals surface area contributed by atoms with E-state index in [-0.39, 0.29) is 6.10 Å². The Kier molecular flexibility index (Phi) is 5.49. The van der Waals surface area contributed by atoms with Gasteiger partial charge in [-0.2, -0.15) is 0 Å². The Morgan fingerprint density at radius 3 is 2.71 bits per heavy atom. The van der Waals surface area contributed by atoms with Gasteiger partial charge in [0.15, 0.2) is 0 Å². The molecule has 1 N–H and O–H groups in total. The van der Waals surface area contributed by atoms with Crippen LogP contribution in [0.5, 0.6) is 0 Å². The van der Waals surface area contributed by atoms with Gasteiger partial charge in [0.05, 0.1) is 18.8 Å². The van der Waals surface area contributed by atoms with E-state index in [0.717, 1.165) is 12.8 Å². The highest BCUT2D eigenvalue weighted by atomic mass is 16.5. The van der Waals surface area contributed by atoms with Gasteiger partial charge in [-0.15, -0.1) is 0 Å². The molecule has 0 aromatic heterocycles. The van der Waals surface area contributed by atoms with Gasteiger partial charge in [-0.05, 0) is 25.2 Å². The predicted octanol–water partition coefficient (Wildman–Crippen LogP) is 2.74. The second-order valence-corrected chi connectivity index (χ2v) is 4.58. The first-order chi connectivity index (χ1) is 6.74. The van der Waals surface area contributed by atoms with Gasteiger partial charge in [-0.1, -0.05) is 33.1 Å². The SMILES string of the molecule is CCCC(O)COC1CCCCC1C. The zero-order chi connectivity index (χ0) is 10.4. The van der Waals surface area contributed by atoms with Crippen molar-refractivity contribution in [1.82, 2.24) is 0 Å². The highest BCUT2D eigenvalue weighted by Crippen LogP contribution is 2.26. The van der Waals surface area contributed by atoms with Crippen molar-refractivity contribution in [2.24, 2.45) is 5.92 Å². The maximum atomic E-state index is 9.54. The molecule has 14 heavy (non-hydrogen) atoms. The summed E-state index contributed by atoms with van der Waals surface area (Å²) in [5, 5.41) is 9.54. The zero-order valence-corrected chi connectivity index (χ0v) is 9.54. The fraction of sp³-hybridized carbons (Fsp3) is 1.00. The van der Waals surface area contributed by atoms with E-state index in [4.69, 9.17) is 4.74 Å². The minimum Gasteiger partial charge on any atom is -0.391 e. The maximum Gasteiger partial charge on any atom is 0.0773 e. The summed E-state index contributed by atoms with van der Waals surface area (Å²) in [7, 11) is 0. The molecule has 3 atom stereocenters. The van der Waals surface area contributed by atoms with Crippen LogP contribution in [0.1, 0.15) is 52.4 Å². The van der Waals surface area contributed by atoms with Crippen LogP contribution in [0, 0.1) is 5.92 Å². The fourth-order valence-corrected chi connectivity index (χ4v) is 2.18. The topological polar surface area (TPSA) is 29.5 Å². The molecule has 1 aliphatic rings. The van der Waals surface area contributed by atoms with E-state index in [9.17, 15) is 5.11 Å². The lowest BCUT2D eigenvalue weighted by molar-refractivity contribution is -0.0476. The van der Waals surface area contributed by atoms with Crippen molar-refractivity contribution in [2.45, 2.75) is 64.6 Å². The van der Waals surface area contributed by atoms with E-state index in [1.165, 1.54) is 25.7 Å². The smallest absolute Gasteiger partial charge is 0.0773 e. The molecule has 1 fully saturated rings. The predicted molar refractivity (Wildman–Crippen MR) is 58.3 cm³/mol. The molecule has 0 bridgehead atoms. The molecular formula is C12H24O2. The number of hydrogen-bond donors (Lipinski definition) is 1. The number of aliphatic hydroxyl groups excluding tert-OH is 1. The Morgan fingerprint density at radius 1 is 1.36 bits per heavy atom. The lowest BCUT2D eigenvalue weighted by Gasteiger charge is -2.29. The van der Waals surface area contributed by atoms with Gasteiger partial charge in [-0.25, -0.2) is 0 Å². The van der Waals surface area contributed by atoms with E-state index in [2.05, 4.69) is 13.8 Å². The Labute approximate surface area is 87.7 Å². The lowest BCUT2D eigenvalue weighted by Crippen LogP contribution is -2.29. The summed E-state index contributed by atoms with van der Waals surface area (Å²) in [4.78, 5) is 0. The first kappa shape index (κ1) is 12.0. The first-order valence-corrected chi connectivity index (χ1v) is 6.03. The monoisotopic (exact) mass is 200 g/mol. The van der Waals surface area contributed by atoms with Crippen molar-refractivity contribution in [1.29, 1.82) is 0 Å². The third-order valence-electron chi connectivity index (χ3n) is 3.16. The van der Waals surface area contributed by atoms with Crippen LogP contribution in [0.15, 0.2) is 0 Å². The largest absolute Gasteiger partial charge is 0.391 e. The van der Waals surface area contributed by atoms with Crippen LogP contribution in [0.2, 0.25) is 0 Å². The Hall–Kier alpha value is -0.0800.